The van der Waals surface area contributed by atoms with Gasteiger partial charge in [0, 0.05) is 11.1 Å². The molecule has 4 aromatic rings. The molecule has 0 atom stereocenters. The highest BCUT2D eigenvalue weighted by Crippen LogP contribution is 2.31. The number of hydrogen-bond acceptors (Lipinski definition) is 5. The van der Waals surface area contributed by atoms with Crippen LogP contribution in [-0.2, 0) is 16.6 Å². The second kappa shape index (κ2) is 8.65. The van der Waals surface area contributed by atoms with Gasteiger partial charge in [-0.1, -0.05) is 65.8 Å². The van der Waals surface area contributed by atoms with Crippen LogP contribution in [0.4, 0.5) is 5.88 Å². The lowest BCUT2D eigenvalue weighted by Crippen LogP contribution is -2.14. The van der Waals surface area contributed by atoms with E-state index in [0.717, 1.165) is 11.1 Å². The lowest BCUT2D eigenvalue weighted by Gasteiger charge is -2.12. The normalized spacial score (nSPS) is 11.3. The number of hydrogen-bond donors (Lipinski definition) is 1. The van der Waals surface area contributed by atoms with Crippen molar-refractivity contribution in [3.63, 3.8) is 0 Å². The Morgan fingerprint density at radius 2 is 1.58 bits per heavy atom. The molecule has 0 radical (unpaired) electrons. The summed E-state index contributed by atoms with van der Waals surface area (Å²) in [5.74, 6) is 0.829. The van der Waals surface area contributed by atoms with E-state index in [9.17, 15) is 8.42 Å². The van der Waals surface area contributed by atoms with Gasteiger partial charge < -0.3 is 9.26 Å². The molecule has 158 valence electrons. The first-order valence-corrected chi connectivity index (χ1v) is 11.2. The first-order valence-electron chi connectivity index (χ1n) is 9.76. The summed E-state index contributed by atoms with van der Waals surface area (Å²) in [7, 11) is -3.87. The molecule has 6 nitrogen and oxygen atoms in total. The van der Waals surface area contributed by atoms with E-state index in [1.807, 2.05) is 54.6 Å². The first kappa shape index (κ1) is 20.7. The largest absolute Gasteiger partial charge is 0.489 e. The second-order valence-corrected chi connectivity index (χ2v) is 8.77. The van der Waals surface area contributed by atoms with Gasteiger partial charge in [0.1, 0.15) is 12.4 Å². The van der Waals surface area contributed by atoms with Crippen molar-refractivity contribution >= 4 is 15.9 Å². The molecule has 0 aliphatic heterocycles. The summed E-state index contributed by atoms with van der Waals surface area (Å²) in [6.07, 6.45) is 0. The number of benzene rings is 3. The second-order valence-electron chi connectivity index (χ2n) is 7.12. The fourth-order valence-corrected chi connectivity index (χ4v) is 4.38. The summed E-state index contributed by atoms with van der Waals surface area (Å²) in [6, 6.07) is 24.1. The fraction of sp³-hybridized carbons (Fsp3) is 0.125. The van der Waals surface area contributed by atoms with Gasteiger partial charge in [0.2, 0.25) is 5.88 Å². The summed E-state index contributed by atoms with van der Waals surface area (Å²) in [5, 5.41) is 3.81. The van der Waals surface area contributed by atoms with E-state index in [4.69, 9.17) is 9.26 Å². The van der Waals surface area contributed by atoms with Gasteiger partial charge in [-0.3, -0.25) is 0 Å². The van der Waals surface area contributed by atoms with Crippen LogP contribution >= 0.6 is 0 Å². The predicted molar refractivity (Wildman–Crippen MR) is 119 cm³/mol. The van der Waals surface area contributed by atoms with Crippen LogP contribution in [0.15, 0.2) is 88.3 Å². The van der Waals surface area contributed by atoms with Gasteiger partial charge in [0.25, 0.3) is 10.0 Å². The van der Waals surface area contributed by atoms with Crippen molar-refractivity contribution in [2.45, 2.75) is 25.3 Å². The summed E-state index contributed by atoms with van der Waals surface area (Å²) >= 11 is 0. The Morgan fingerprint density at radius 3 is 2.26 bits per heavy atom. The zero-order valence-corrected chi connectivity index (χ0v) is 18.0. The number of anilines is 1. The highest BCUT2D eigenvalue weighted by atomic mass is 32.2. The van der Waals surface area contributed by atoms with E-state index in [1.165, 1.54) is 0 Å². The smallest absolute Gasteiger partial charge is 0.264 e. The molecule has 0 bridgehead atoms. The minimum Gasteiger partial charge on any atom is -0.489 e. The van der Waals surface area contributed by atoms with Crippen molar-refractivity contribution in [3.8, 4) is 16.9 Å². The third kappa shape index (κ3) is 4.62. The lowest BCUT2D eigenvalue weighted by atomic mass is 10.1. The first-order chi connectivity index (χ1) is 14.9. The van der Waals surface area contributed by atoms with Crippen molar-refractivity contribution < 1.29 is 17.7 Å². The van der Waals surface area contributed by atoms with Gasteiger partial charge in [0.15, 0.2) is 0 Å². The van der Waals surface area contributed by atoms with E-state index in [0.29, 0.717) is 29.2 Å². The van der Waals surface area contributed by atoms with Gasteiger partial charge in [-0.25, -0.2) is 13.1 Å². The quantitative estimate of drug-likeness (QED) is 0.425. The van der Waals surface area contributed by atoms with E-state index in [-0.39, 0.29) is 10.8 Å². The Labute approximate surface area is 181 Å². The van der Waals surface area contributed by atoms with Crippen molar-refractivity contribution in [1.82, 2.24) is 5.16 Å². The Bertz CT molecular complexity index is 1280. The maximum Gasteiger partial charge on any atom is 0.264 e. The van der Waals surface area contributed by atoms with Crippen molar-refractivity contribution in [2.24, 2.45) is 0 Å². The molecule has 0 aliphatic rings. The fourth-order valence-electron chi connectivity index (χ4n) is 3.10. The third-order valence-electron chi connectivity index (χ3n) is 4.97. The lowest BCUT2D eigenvalue weighted by molar-refractivity contribution is 0.306. The van der Waals surface area contributed by atoms with Gasteiger partial charge in [-0.05, 0) is 43.2 Å². The summed E-state index contributed by atoms with van der Waals surface area (Å²) in [6.45, 7) is 3.97. The van der Waals surface area contributed by atoms with Crippen molar-refractivity contribution in [3.05, 3.63) is 95.7 Å². The minimum atomic E-state index is -3.87. The molecule has 0 saturated carbocycles. The molecule has 7 heteroatoms. The van der Waals surface area contributed by atoms with Crippen LogP contribution in [0.25, 0.3) is 11.1 Å². The van der Waals surface area contributed by atoms with E-state index in [1.54, 1.807) is 38.1 Å². The number of aryl methyl sites for hydroxylation is 1. The highest BCUT2D eigenvalue weighted by Gasteiger charge is 2.22. The molecule has 1 aromatic heterocycles. The van der Waals surface area contributed by atoms with Crippen LogP contribution in [0.3, 0.4) is 0 Å². The standard InChI is InChI=1S/C24H22N2O4S/c1-17-18(2)25-30-24(17)26-31(27,28)23-11-7-6-10-22(23)20-12-14-21(15-13-20)29-16-19-8-4-3-5-9-19/h3-15,26H,16H2,1-2H3. The number of rotatable bonds is 7. The molecule has 31 heavy (non-hydrogen) atoms. The van der Waals surface area contributed by atoms with Crippen LogP contribution in [0.5, 0.6) is 5.75 Å². The molecule has 0 fully saturated rings. The maximum atomic E-state index is 13.1. The number of nitrogens with zero attached hydrogens (tertiary/aromatic N) is 1. The van der Waals surface area contributed by atoms with Crippen molar-refractivity contribution in [1.29, 1.82) is 0 Å². The SMILES string of the molecule is Cc1noc(NS(=O)(=O)c2ccccc2-c2ccc(OCc3ccccc3)cc2)c1C. The Hall–Kier alpha value is -3.58. The Morgan fingerprint density at radius 1 is 0.903 bits per heavy atom. The monoisotopic (exact) mass is 434 g/mol. The molecule has 0 spiro atoms. The number of ether oxygens (including phenoxy) is 1. The molecule has 4 rings (SSSR count). The van der Waals surface area contributed by atoms with Gasteiger partial charge in [-0.15, -0.1) is 0 Å². The highest BCUT2D eigenvalue weighted by molar-refractivity contribution is 7.92. The van der Waals surface area contributed by atoms with Crippen LogP contribution in [0.2, 0.25) is 0 Å². The number of aromatic nitrogens is 1. The van der Waals surface area contributed by atoms with E-state index < -0.39 is 10.0 Å². The molecule has 3 aromatic carbocycles. The predicted octanol–water partition coefficient (Wildman–Crippen LogP) is 5.34. The molecule has 0 amide bonds. The van der Waals surface area contributed by atoms with Crippen LogP contribution < -0.4 is 9.46 Å². The average molecular weight is 435 g/mol. The topological polar surface area (TPSA) is 81.4 Å². The number of nitrogens with one attached hydrogen (secondary N) is 1. The van der Waals surface area contributed by atoms with Crippen LogP contribution in [-0.4, -0.2) is 13.6 Å². The Balaban J connectivity index is 1.57. The third-order valence-corrected chi connectivity index (χ3v) is 6.36. The summed E-state index contributed by atoms with van der Waals surface area (Å²) < 4.78 is 39.6. The molecule has 1 N–H and O–H groups in total. The summed E-state index contributed by atoms with van der Waals surface area (Å²) in [4.78, 5) is 0.154. The zero-order valence-electron chi connectivity index (χ0n) is 17.2. The minimum absolute atomic E-state index is 0.122. The number of sulfonamides is 1. The summed E-state index contributed by atoms with van der Waals surface area (Å²) in [5.41, 5.74) is 3.71. The molecule has 1 heterocycles. The average Bonchev–Trinajstić information content (AvgIpc) is 3.10. The molecule has 0 unspecified atom stereocenters. The maximum absolute atomic E-state index is 13.1. The van der Waals surface area contributed by atoms with Gasteiger partial charge >= 0.3 is 0 Å². The van der Waals surface area contributed by atoms with Crippen molar-refractivity contribution in [2.75, 3.05) is 4.72 Å². The van der Waals surface area contributed by atoms with Crippen LogP contribution in [0, 0.1) is 13.8 Å². The molecule has 0 saturated heterocycles. The zero-order chi connectivity index (χ0) is 21.8. The van der Waals surface area contributed by atoms with E-state index in [2.05, 4.69) is 9.88 Å². The Kier molecular flexibility index (Phi) is 5.77. The van der Waals surface area contributed by atoms with Crippen LogP contribution in [0.1, 0.15) is 16.8 Å². The molecular formula is C24H22N2O4S. The molecule has 0 aliphatic carbocycles. The van der Waals surface area contributed by atoms with Gasteiger partial charge in [0.05, 0.1) is 10.6 Å². The molecular weight excluding hydrogens is 412 g/mol. The van der Waals surface area contributed by atoms with E-state index >= 15 is 0 Å². The van der Waals surface area contributed by atoms with Gasteiger partial charge in [-0.2, -0.15) is 0 Å².